The molecule has 0 amide bonds. The summed E-state index contributed by atoms with van der Waals surface area (Å²) in [5, 5.41) is 0. The van der Waals surface area contributed by atoms with Crippen LogP contribution in [0.15, 0.2) is 12.1 Å². The van der Waals surface area contributed by atoms with Crippen LogP contribution in [-0.4, -0.2) is 13.7 Å². The molecule has 2 heteroatoms. The van der Waals surface area contributed by atoms with Crippen LogP contribution in [0.25, 0.3) is 0 Å². The molecule has 1 aliphatic carbocycles. The molecule has 1 aromatic carbocycles. The smallest absolute Gasteiger partial charge is 0.124 e. The molecule has 0 bridgehead atoms. The second kappa shape index (κ2) is 5.31. The third kappa shape index (κ3) is 2.26. The Bertz CT molecular complexity index is 396. The average molecular weight is 247 g/mol. The highest BCUT2D eigenvalue weighted by Gasteiger charge is 2.33. The molecule has 0 spiro atoms. The number of rotatable bonds is 3. The van der Waals surface area contributed by atoms with Gasteiger partial charge in [0.1, 0.15) is 5.75 Å². The number of nitrogens with two attached hydrogens (primary N) is 1. The van der Waals surface area contributed by atoms with Gasteiger partial charge in [0.05, 0.1) is 7.11 Å². The fourth-order valence-corrected chi connectivity index (χ4v) is 3.42. The highest BCUT2D eigenvalue weighted by Crippen LogP contribution is 2.40. The highest BCUT2D eigenvalue weighted by atomic mass is 16.5. The second-order valence-corrected chi connectivity index (χ2v) is 5.69. The second-order valence-electron chi connectivity index (χ2n) is 5.69. The maximum Gasteiger partial charge on any atom is 0.124 e. The van der Waals surface area contributed by atoms with Crippen LogP contribution in [0.2, 0.25) is 0 Å². The van der Waals surface area contributed by atoms with Crippen LogP contribution in [0.1, 0.15) is 48.8 Å². The molecule has 1 fully saturated rings. The molecule has 0 aromatic heterocycles. The lowest BCUT2D eigenvalue weighted by Crippen LogP contribution is -2.37. The fourth-order valence-electron chi connectivity index (χ4n) is 3.42. The van der Waals surface area contributed by atoms with Gasteiger partial charge in [-0.1, -0.05) is 31.4 Å². The number of aryl methyl sites for hydroxylation is 2. The first kappa shape index (κ1) is 13.4. The van der Waals surface area contributed by atoms with Crippen LogP contribution >= 0.6 is 0 Å². The summed E-state index contributed by atoms with van der Waals surface area (Å²) in [7, 11) is 1.74. The minimum atomic E-state index is 0.208. The van der Waals surface area contributed by atoms with E-state index >= 15 is 0 Å². The standard InChI is InChI=1S/C16H25NO/c1-12-9-14(10-13(2)15(12)18-3)16(11-17)7-5-4-6-8-16/h9-10H,4-8,11,17H2,1-3H3. The summed E-state index contributed by atoms with van der Waals surface area (Å²) in [6, 6.07) is 4.56. The van der Waals surface area contributed by atoms with E-state index in [0.29, 0.717) is 0 Å². The summed E-state index contributed by atoms with van der Waals surface area (Å²) in [6.45, 7) is 5.02. The molecule has 0 atom stereocenters. The van der Waals surface area contributed by atoms with Crippen LogP contribution in [0, 0.1) is 13.8 Å². The number of hydrogen-bond donors (Lipinski definition) is 1. The summed E-state index contributed by atoms with van der Waals surface area (Å²) >= 11 is 0. The van der Waals surface area contributed by atoms with Crippen LogP contribution in [0.3, 0.4) is 0 Å². The Hall–Kier alpha value is -1.02. The van der Waals surface area contributed by atoms with E-state index < -0.39 is 0 Å². The van der Waals surface area contributed by atoms with Crippen molar-refractivity contribution in [2.75, 3.05) is 13.7 Å². The van der Waals surface area contributed by atoms with E-state index in [0.717, 1.165) is 12.3 Å². The van der Waals surface area contributed by atoms with E-state index in [9.17, 15) is 0 Å². The summed E-state index contributed by atoms with van der Waals surface area (Å²) in [5.74, 6) is 1.02. The van der Waals surface area contributed by atoms with E-state index in [4.69, 9.17) is 10.5 Å². The van der Waals surface area contributed by atoms with Crippen molar-refractivity contribution in [1.29, 1.82) is 0 Å². The maximum absolute atomic E-state index is 6.11. The molecule has 0 unspecified atom stereocenters. The molecule has 0 saturated heterocycles. The predicted molar refractivity (Wildman–Crippen MR) is 76.3 cm³/mol. The highest BCUT2D eigenvalue weighted by molar-refractivity contribution is 5.46. The van der Waals surface area contributed by atoms with Gasteiger partial charge in [-0.3, -0.25) is 0 Å². The number of hydrogen-bond acceptors (Lipinski definition) is 2. The zero-order valence-corrected chi connectivity index (χ0v) is 11.9. The third-order valence-electron chi connectivity index (χ3n) is 4.48. The van der Waals surface area contributed by atoms with Gasteiger partial charge in [0.15, 0.2) is 0 Å². The van der Waals surface area contributed by atoms with Crippen molar-refractivity contribution in [2.24, 2.45) is 5.73 Å². The number of methoxy groups -OCH3 is 1. The van der Waals surface area contributed by atoms with Crippen molar-refractivity contribution >= 4 is 0 Å². The molecule has 18 heavy (non-hydrogen) atoms. The van der Waals surface area contributed by atoms with Gasteiger partial charge in [0.25, 0.3) is 0 Å². The predicted octanol–water partition coefficient (Wildman–Crippen LogP) is 3.47. The average Bonchev–Trinajstić information content (AvgIpc) is 2.39. The van der Waals surface area contributed by atoms with Crippen molar-refractivity contribution in [3.63, 3.8) is 0 Å². The van der Waals surface area contributed by atoms with E-state index in [1.165, 1.54) is 48.8 Å². The summed E-state index contributed by atoms with van der Waals surface area (Å²) in [5.41, 5.74) is 10.2. The van der Waals surface area contributed by atoms with Gasteiger partial charge in [-0.15, -0.1) is 0 Å². The zero-order chi connectivity index (χ0) is 13.2. The third-order valence-corrected chi connectivity index (χ3v) is 4.48. The topological polar surface area (TPSA) is 35.2 Å². The van der Waals surface area contributed by atoms with Gasteiger partial charge >= 0.3 is 0 Å². The van der Waals surface area contributed by atoms with Crippen molar-refractivity contribution in [2.45, 2.75) is 51.4 Å². The molecule has 2 nitrogen and oxygen atoms in total. The van der Waals surface area contributed by atoms with Gasteiger partial charge in [-0.25, -0.2) is 0 Å². The van der Waals surface area contributed by atoms with Crippen LogP contribution in [-0.2, 0) is 5.41 Å². The quantitative estimate of drug-likeness (QED) is 0.887. The van der Waals surface area contributed by atoms with Crippen LogP contribution in [0.4, 0.5) is 0 Å². The van der Waals surface area contributed by atoms with Gasteiger partial charge in [-0.2, -0.15) is 0 Å². The van der Waals surface area contributed by atoms with Crippen molar-refractivity contribution < 1.29 is 4.74 Å². The molecule has 1 aliphatic rings. The molecule has 0 aliphatic heterocycles. The Balaban J connectivity index is 2.43. The minimum Gasteiger partial charge on any atom is -0.496 e. The minimum absolute atomic E-state index is 0.208. The van der Waals surface area contributed by atoms with Gasteiger partial charge in [0.2, 0.25) is 0 Å². The first-order valence-corrected chi connectivity index (χ1v) is 6.99. The van der Waals surface area contributed by atoms with Gasteiger partial charge in [-0.05, 0) is 43.4 Å². The van der Waals surface area contributed by atoms with E-state index in [1.807, 2.05) is 0 Å². The molecule has 2 rings (SSSR count). The van der Waals surface area contributed by atoms with E-state index in [-0.39, 0.29) is 5.41 Å². The molecule has 1 aromatic rings. The normalized spacial score (nSPS) is 18.7. The molecular formula is C16H25NO. The molecule has 100 valence electrons. The largest absolute Gasteiger partial charge is 0.496 e. The van der Waals surface area contributed by atoms with Crippen molar-refractivity contribution in [1.82, 2.24) is 0 Å². The van der Waals surface area contributed by atoms with Crippen molar-refractivity contribution in [3.05, 3.63) is 28.8 Å². The molecule has 2 N–H and O–H groups in total. The van der Waals surface area contributed by atoms with Crippen molar-refractivity contribution in [3.8, 4) is 5.75 Å². The monoisotopic (exact) mass is 247 g/mol. The Morgan fingerprint density at radius 2 is 1.67 bits per heavy atom. The van der Waals surface area contributed by atoms with E-state index in [1.54, 1.807) is 7.11 Å². The van der Waals surface area contributed by atoms with Crippen LogP contribution in [0.5, 0.6) is 5.75 Å². The number of benzene rings is 1. The summed E-state index contributed by atoms with van der Waals surface area (Å²) in [6.07, 6.45) is 6.43. The molecule has 1 saturated carbocycles. The number of ether oxygens (including phenoxy) is 1. The SMILES string of the molecule is COc1c(C)cc(C2(CN)CCCCC2)cc1C. The Labute approximate surface area is 111 Å². The van der Waals surface area contributed by atoms with Gasteiger partial charge < -0.3 is 10.5 Å². The first-order valence-electron chi connectivity index (χ1n) is 6.99. The zero-order valence-electron chi connectivity index (χ0n) is 11.9. The maximum atomic E-state index is 6.11. The molecule has 0 heterocycles. The fraction of sp³-hybridized carbons (Fsp3) is 0.625. The Kier molecular flexibility index (Phi) is 3.96. The summed E-state index contributed by atoms with van der Waals surface area (Å²) in [4.78, 5) is 0. The summed E-state index contributed by atoms with van der Waals surface area (Å²) < 4.78 is 5.45. The van der Waals surface area contributed by atoms with Crippen LogP contribution < -0.4 is 10.5 Å². The Morgan fingerprint density at radius 1 is 1.11 bits per heavy atom. The first-order chi connectivity index (χ1) is 8.63. The van der Waals surface area contributed by atoms with Gasteiger partial charge in [0, 0.05) is 12.0 Å². The lowest BCUT2D eigenvalue weighted by atomic mass is 9.69. The molecule has 0 radical (unpaired) electrons. The lowest BCUT2D eigenvalue weighted by Gasteiger charge is -2.37. The van der Waals surface area contributed by atoms with E-state index in [2.05, 4.69) is 26.0 Å². The molecular weight excluding hydrogens is 222 g/mol. The Morgan fingerprint density at radius 3 is 2.11 bits per heavy atom. The lowest BCUT2D eigenvalue weighted by molar-refractivity contribution is 0.300.